The summed E-state index contributed by atoms with van der Waals surface area (Å²) in [4.78, 5) is 13.2. The number of hydrogen-bond acceptors (Lipinski definition) is 9. The van der Waals surface area contributed by atoms with Crippen LogP contribution >= 0.6 is 0 Å². The highest BCUT2D eigenvalue weighted by atomic mass is 16.7. The van der Waals surface area contributed by atoms with Gasteiger partial charge in [0.2, 0.25) is 5.91 Å². The fourth-order valence-electron chi connectivity index (χ4n) is 10.7. The molecule has 10 nitrogen and oxygen atoms in total. The molecule has 454 valence electrons. The van der Waals surface area contributed by atoms with Crippen LogP contribution in [0.3, 0.4) is 0 Å². The van der Waals surface area contributed by atoms with Gasteiger partial charge in [-0.25, -0.2) is 0 Å². The average molecular weight is 1090 g/mol. The molecule has 1 heterocycles. The maximum atomic E-state index is 13.2. The summed E-state index contributed by atoms with van der Waals surface area (Å²) in [5.41, 5.74) is 0. The van der Waals surface area contributed by atoms with E-state index in [2.05, 4.69) is 43.5 Å². The second kappa shape index (κ2) is 56.2. The van der Waals surface area contributed by atoms with E-state index in [-0.39, 0.29) is 6.61 Å². The van der Waals surface area contributed by atoms with E-state index in [0.717, 1.165) is 32.1 Å². The van der Waals surface area contributed by atoms with Crippen molar-refractivity contribution in [1.29, 1.82) is 0 Å². The van der Waals surface area contributed by atoms with E-state index >= 15 is 0 Å². The van der Waals surface area contributed by atoms with E-state index in [1.165, 1.54) is 257 Å². The van der Waals surface area contributed by atoms with Crippen LogP contribution in [0.25, 0.3) is 0 Å². The molecule has 1 rings (SSSR count). The van der Waals surface area contributed by atoms with E-state index < -0.39 is 61.5 Å². The molecule has 0 saturated carbocycles. The molecule has 1 aliphatic rings. The van der Waals surface area contributed by atoms with Gasteiger partial charge < -0.3 is 45.4 Å². The maximum absolute atomic E-state index is 13.2. The van der Waals surface area contributed by atoms with Crippen molar-refractivity contribution in [3.8, 4) is 0 Å². The summed E-state index contributed by atoms with van der Waals surface area (Å²) in [6, 6.07) is -0.997. The van der Waals surface area contributed by atoms with Gasteiger partial charge in [-0.15, -0.1) is 0 Å². The van der Waals surface area contributed by atoms with Gasteiger partial charge in [0.1, 0.15) is 30.5 Å². The van der Waals surface area contributed by atoms with Crippen molar-refractivity contribution < 1.29 is 44.9 Å². The zero-order valence-electron chi connectivity index (χ0n) is 50.3. The van der Waals surface area contributed by atoms with Gasteiger partial charge in [-0.05, 0) is 57.8 Å². The molecule has 0 aromatic carbocycles. The quantitative estimate of drug-likeness (QED) is 0.0232. The molecule has 0 aromatic heterocycles. The predicted molar refractivity (Wildman–Crippen MR) is 324 cm³/mol. The molecule has 1 amide bonds. The fraction of sp³-hybridized carbons (Fsp3) is 0.896. The minimum atomic E-state index is -1.62. The average Bonchev–Trinajstić information content (AvgIpc) is 3.44. The molecule has 0 bridgehead atoms. The Kier molecular flexibility index (Phi) is 53.6. The lowest BCUT2D eigenvalue weighted by Gasteiger charge is -2.40. The van der Waals surface area contributed by atoms with Crippen LogP contribution in [0.5, 0.6) is 0 Å². The molecule has 1 aliphatic heterocycles. The molecule has 0 spiro atoms. The van der Waals surface area contributed by atoms with E-state index in [9.17, 15) is 35.4 Å². The molecular weight excluding hydrogens is 963 g/mol. The lowest BCUT2D eigenvalue weighted by atomic mass is 9.99. The Labute approximate surface area is 474 Å². The first-order chi connectivity index (χ1) is 37.8. The summed E-state index contributed by atoms with van der Waals surface area (Å²) in [6.45, 7) is 3.63. The molecule has 1 fully saturated rings. The molecule has 77 heavy (non-hydrogen) atoms. The third kappa shape index (κ3) is 44.7. The van der Waals surface area contributed by atoms with Crippen LogP contribution in [0.2, 0.25) is 0 Å². The van der Waals surface area contributed by atoms with Crippen LogP contribution in [-0.2, 0) is 14.3 Å². The summed E-state index contributed by atoms with van der Waals surface area (Å²) in [5, 5.41) is 65.1. The van der Waals surface area contributed by atoms with Crippen LogP contribution in [-0.4, -0.2) is 98.7 Å². The highest BCUT2D eigenvalue weighted by molar-refractivity contribution is 5.80. The van der Waals surface area contributed by atoms with Crippen LogP contribution in [0, 0.1) is 0 Å². The molecule has 10 heteroatoms. The number of aliphatic hydroxyl groups excluding tert-OH is 6. The molecule has 0 aromatic rings. The van der Waals surface area contributed by atoms with E-state index in [4.69, 9.17) is 9.47 Å². The molecule has 8 unspecified atom stereocenters. The number of aliphatic hydroxyl groups is 6. The van der Waals surface area contributed by atoms with Gasteiger partial charge in [-0.3, -0.25) is 4.79 Å². The second-order valence-corrected chi connectivity index (χ2v) is 23.4. The number of unbranched alkanes of at least 4 members (excludes halogenated alkanes) is 43. The zero-order valence-corrected chi connectivity index (χ0v) is 50.3. The monoisotopic (exact) mass is 1090 g/mol. The standard InChI is InChI=1S/C67H127NO9/c1-3-5-7-9-11-13-15-17-19-21-22-23-24-25-26-27-28-29-30-31-32-33-34-35-36-37-38-39-40-42-44-46-48-50-52-54-56-61(71)66(75)68-59(58-76-67-65(74)64(73)63(72)62(57-69)77-67)60(70)55-53-51-49-47-45-43-41-20-18-16-14-12-10-8-6-4-2/h29-30,45,47,53,55,59-65,67,69-74H,3-28,31-44,46,48-52,54,56-58H2,1-2H3,(H,68,75)/b30-29-,47-45+,55-53+. The highest BCUT2D eigenvalue weighted by Gasteiger charge is 2.44. The number of nitrogens with one attached hydrogen (secondary N) is 1. The van der Waals surface area contributed by atoms with Crippen LogP contribution < -0.4 is 5.32 Å². The largest absolute Gasteiger partial charge is 0.394 e. The van der Waals surface area contributed by atoms with Gasteiger partial charge in [0.25, 0.3) is 0 Å². The first-order valence-electron chi connectivity index (χ1n) is 33.3. The Morgan fingerprint density at radius 3 is 1.13 bits per heavy atom. The van der Waals surface area contributed by atoms with Crippen molar-refractivity contribution in [2.75, 3.05) is 13.2 Å². The minimum absolute atomic E-state index is 0.306. The molecule has 8 atom stereocenters. The van der Waals surface area contributed by atoms with Crippen LogP contribution in [0.4, 0.5) is 0 Å². The Bertz CT molecular complexity index is 1330. The number of carbonyl (C=O) groups excluding carboxylic acids is 1. The van der Waals surface area contributed by atoms with Crippen molar-refractivity contribution in [3.05, 3.63) is 36.5 Å². The van der Waals surface area contributed by atoms with Gasteiger partial charge in [-0.2, -0.15) is 0 Å². The Morgan fingerprint density at radius 2 is 0.766 bits per heavy atom. The zero-order chi connectivity index (χ0) is 55.9. The first kappa shape index (κ1) is 73.4. The van der Waals surface area contributed by atoms with E-state index in [1.54, 1.807) is 6.08 Å². The summed E-state index contributed by atoms with van der Waals surface area (Å²) >= 11 is 0. The van der Waals surface area contributed by atoms with Gasteiger partial charge in [0, 0.05) is 0 Å². The number of amides is 1. The normalized spacial score (nSPS) is 19.3. The third-order valence-electron chi connectivity index (χ3n) is 16.0. The van der Waals surface area contributed by atoms with Gasteiger partial charge in [-0.1, -0.05) is 301 Å². The number of rotatable bonds is 58. The Hall–Kier alpha value is -1.63. The van der Waals surface area contributed by atoms with E-state index in [0.29, 0.717) is 19.3 Å². The summed E-state index contributed by atoms with van der Waals surface area (Å²) in [6.07, 6.45) is 64.4. The van der Waals surface area contributed by atoms with Gasteiger partial charge in [0.15, 0.2) is 6.29 Å². The number of ether oxygens (including phenoxy) is 2. The van der Waals surface area contributed by atoms with E-state index in [1.807, 2.05) is 6.08 Å². The highest BCUT2D eigenvalue weighted by Crippen LogP contribution is 2.23. The fourth-order valence-corrected chi connectivity index (χ4v) is 10.7. The lowest BCUT2D eigenvalue weighted by Crippen LogP contribution is -2.60. The molecule has 0 radical (unpaired) electrons. The van der Waals surface area contributed by atoms with Crippen LogP contribution in [0.1, 0.15) is 322 Å². The number of hydrogen-bond donors (Lipinski definition) is 7. The molecule has 7 N–H and O–H groups in total. The van der Waals surface area contributed by atoms with Crippen molar-refractivity contribution >= 4 is 5.91 Å². The predicted octanol–water partition coefficient (Wildman–Crippen LogP) is 16.4. The SMILES string of the molecule is CCCCCCCCCCCC/C=C/CC/C=C/C(O)C(COC1OC(CO)C(O)C(O)C1O)NC(=O)C(O)CCCCCCCCCCCCCCCCCC/C=C\CCCCCCCCCCCCCCCCCC. The van der Waals surface area contributed by atoms with Crippen molar-refractivity contribution in [1.82, 2.24) is 5.32 Å². The molecule has 0 aliphatic carbocycles. The minimum Gasteiger partial charge on any atom is -0.394 e. The smallest absolute Gasteiger partial charge is 0.249 e. The lowest BCUT2D eigenvalue weighted by molar-refractivity contribution is -0.302. The Morgan fingerprint density at radius 1 is 0.442 bits per heavy atom. The molecule has 1 saturated heterocycles. The summed E-state index contributed by atoms with van der Waals surface area (Å²) in [5.74, 6) is -0.622. The third-order valence-corrected chi connectivity index (χ3v) is 16.0. The Balaban J connectivity index is 2.12. The maximum Gasteiger partial charge on any atom is 0.249 e. The van der Waals surface area contributed by atoms with Gasteiger partial charge in [0.05, 0.1) is 25.4 Å². The van der Waals surface area contributed by atoms with Gasteiger partial charge >= 0.3 is 0 Å². The number of carbonyl (C=O) groups is 1. The molecular formula is C67H127NO9. The van der Waals surface area contributed by atoms with Crippen molar-refractivity contribution in [3.63, 3.8) is 0 Å². The second-order valence-electron chi connectivity index (χ2n) is 23.4. The van der Waals surface area contributed by atoms with Crippen molar-refractivity contribution in [2.45, 2.75) is 371 Å². The van der Waals surface area contributed by atoms with Crippen molar-refractivity contribution in [2.24, 2.45) is 0 Å². The summed E-state index contributed by atoms with van der Waals surface area (Å²) in [7, 11) is 0. The number of allylic oxidation sites excluding steroid dienone is 5. The van der Waals surface area contributed by atoms with Crippen LogP contribution in [0.15, 0.2) is 36.5 Å². The summed E-state index contributed by atoms with van der Waals surface area (Å²) < 4.78 is 11.2. The topological polar surface area (TPSA) is 169 Å². The first-order valence-corrected chi connectivity index (χ1v) is 33.3.